The van der Waals surface area contributed by atoms with Crippen molar-refractivity contribution in [2.45, 2.75) is 51.5 Å². The van der Waals surface area contributed by atoms with E-state index in [0.29, 0.717) is 22.6 Å². The van der Waals surface area contributed by atoms with Crippen LogP contribution in [0.1, 0.15) is 78.1 Å². The number of aromatic nitrogens is 2. The van der Waals surface area contributed by atoms with Crippen molar-refractivity contribution in [2.75, 3.05) is 44.3 Å². The number of morpholine rings is 1. The molecule has 0 spiro atoms. The number of carbonyl (C=O) groups excluding carboxylic acids is 1. The highest BCUT2D eigenvalue weighted by atomic mass is 16.5. The second-order valence-electron chi connectivity index (χ2n) is 11.8. The van der Waals surface area contributed by atoms with Gasteiger partial charge in [0.15, 0.2) is 5.78 Å². The van der Waals surface area contributed by atoms with Crippen LogP contribution in [0.5, 0.6) is 0 Å². The van der Waals surface area contributed by atoms with Crippen LogP contribution < -0.4 is 4.90 Å². The fraction of sp³-hybridized carbons (Fsp3) is 0.500. The molecule has 2 N–H and O–H groups in total. The highest BCUT2D eigenvalue weighted by Crippen LogP contribution is 2.45. The van der Waals surface area contributed by atoms with E-state index in [1.54, 1.807) is 24.4 Å². The molecule has 3 aliphatic rings. The zero-order valence-electron chi connectivity index (χ0n) is 22.6. The predicted molar refractivity (Wildman–Crippen MR) is 146 cm³/mol. The van der Waals surface area contributed by atoms with Crippen molar-refractivity contribution in [3.05, 3.63) is 58.4 Å². The number of H-pyrrole nitrogens is 1. The van der Waals surface area contributed by atoms with Crippen molar-refractivity contribution in [3.63, 3.8) is 0 Å². The minimum atomic E-state index is -0.987. The van der Waals surface area contributed by atoms with Gasteiger partial charge in [-0.25, -0.2) is 9.78 Å². The molecule has 1 aromatic carbocycles. The van der Waals surface area contributed by atoms with Crippen molar-refractivity contribution in [1.82, 2.24) is 14.9 Å². The van der Waals surface area contributed by atoms with Crippen molar-refractivity contribution >= 4 is 28.5 Å². The predicted octanol–water partition coefficient (Wildman–Crippen LogP) is 4.46. The van der Waals surface area contributed by atoms with Crippen LogP contribution in [-0.2, 0) is 10.2 Å². The summed E-state index contributed by atoms with van der Waals surface area (Å²) in [5, 5.41) is 10.2. The maximum Gasteiger partial charge on any atom is 0.335 e. The van der Waals surface area contributed by atoms with Gasteiger partial charge in [-0.05, 0) is 42.5 Å². The summed E-state index contributed by atoms with van der Waals surface area (Å²) >= 11 is 0. The van der Waals surface area contributed by atoms with Crippen LogP contribution in [0.3, 0.4) is 0 Å². The molecule has 2 fully saturated rings. The summed E-state index contributed by atoms with van der Waals surface area (Å²) in [6, 6.07) is 7.00. The molecule has 0 unspecified atom stereocenters. The van der Waals surface area contributed by atoms with Crippen LogP contribution in [0, 0.1) is 5.92 Å². The number of carboxylic acid groups (broad SMARTS) is 1. The van der Waals surface area contributed by atoms with E-state index in [9.17, 15) is 14.7 Å². The van der Waals surface area contributed by atoms with E-state index >= 15 is 0 Å². The number of hydrogen-bond donors (Lipinski definition) is 2. The summed E-state index contributed by atoms with van der Waals surface area (Å²) in [6.07, 6.45) is 3.89. The first kappa shape index (κ1) is 25.1. The second-order valence-corrected chi connectivity index (χ2v) is 11.8. The summed E-state index contributed by atoms with van der Waals surface area (Å²) in [6.45, 7) is 14.4. The Morgan fingerprint density at radius 1 is 1.11 bits per heavy atom. The third-order valence-corrected chi connectivity index (χ3v) is 9.37. The minimum absolute atomic E-state index is 0.0625. The van der Waals surface area contributed by atoms with Crippen LogP contribution in [-0.4, -0.2) is 76.7 Å². The molecule has 38 heavy (non-hydrogen) atoms. The lowest BCUT2D eigenvalue weighted by molar-refractivity contribution is -0.0522. The Balaban J connectivity index is 1.32. The molecule has 2 aromatic heterocycles. The Labute approximate surface area is 223 Å². The van der Waals surface area contributed by atoms with Crippen LogP contribution >= 0.6 is 0 Å². The van der Waals surface area contributed by atoms with Gasteiger partial charge in [-0.15, -0.1) is 0 Å². The maximum atomic E-state index is 13.7. The lowest BCUT2D eigenvalue weighted by Gasteiger charge is -2.53. The summed E-state index contributed by atoms with van der Waals surface area (Å²) in [5.74, 6) is 0.417. The molecular formula is C30H36N4O4. The molecule has 2 aliphatic heterocycles. The highest BCUT2D eigenvalue weighted by molar-refractivity contribution is 6.20. The number of aromatic carboxylic acids is 1. The number of nitrogens with one attached hydrogen (secondary N) is 1. The third kappa shape index (κ3) is 3.68. The van der Waals surface area contributed by atoms with Gasteiger partial charge in [-0.1, -0.05) is 33.8 Å². The number of carboxylic acids is 1. The smallest absolute Gasteiger partial charge is 0.335 e. The molecule has 8 nitrogen and oxygen atoms in total. The van der Waals surface area contributed by atoms with Gasteiger partial charge in [0.05, 0.1) is 24.3 Å². The Morgan fingerprint density at radius 2 is 1.82 bits per heavy atom. The van der Waals surface area contributed by atoms with Crippen LogP contribution in [0.2, 0.25) is 0 Å². The first-order chi connectivity index (χ1) is 18.1. The molecule has 3 aromatic rings. The number of aromatic amines is 1. The van der Waals surface area contributed by atoms with Gasteiger partial charge in [0, 0.05) is 65.5 Å². The minimum Gasteiger partial charge on any atom is -0.478 e. The number of ether oxygens (including phenoxy) is 1. The Kier molecular flexibility index (Phi) is 5.88. The van der Waals surface area contributed by atoms with Gasteiger partial charge in [-0.2, -0.15) is 0 Å². The lowest BCUT2D eigenvalue weighted by atomic mass is 9.71. The molecule has 1 aliphatic carbocycles. The number of pyridine rings is 1. The number of benzene rings is 1. The van der Waals surface area contributed by atoms with Gasteiger partial charge < -0.3 is 19.7 Å². The Hall–Kier alpha value is -3.23. The van der Waals surface area contributed by atoms with E-state index < -0.39 is 11.4 Å². The molecule has 0 atom stereocenters. The van der Waals surface area contributed by atoms with Crippen molar-refractivity contribution in [2.24, 2.45) is 5.92 Å². The molecular weight excluding hydrogens is 480 g/mol. The van der Waals surface area contributed by atoms with Gasteiger partial charge >= 0.3 is 5.97 Å². The van der Waals surface area contributed by atoms with E-state index in [-0.39, 0.29) is 16.9 Å². The fourth-order valence-electron chi connectivity index (χ4n) is 7.01. The van der Waals surface area contributed by atoms with E-state index in [1.807, 2.05) is 0 Å². The molecule has 0 radical (unpaired) electrons. The first-order valence-corrected chi connectivity index (χ1v) is 13.7. The number of ketones is 1. The van der Waals surface area contributed by atoms with E-state index in [1.165, 1.54) is 0 Å². The quantitative estimate of drug-likeness (QED) is 0.528. The summed E-state index contributed by atoms with van der Waals surface area (Å²) < 4.78 is 5.63. The number of carbonyl (C=O) groups is 2. The summed E-state index contributed by atoms with van der Waals surface area (Å²) in [7, 11) is 0. The van der Waals surface area contributed by atoms with Gasteiger partial charge in [-0.3, -0.25) is 9.69 Å². The standard InChI is InChI=1S/C30H36N4O4/c1-18(2)30(34-11-13-38-14-12-34)7-9-33(10-8-30)24-16-22-21(17-31-24)26(35)25-20-6-5-19(28(36)37)15-23(20)32-27(25)29(22,3)4/h5-6,15-18,32H,7-14H2,1-4H3,(H,36,37). The Morgan fingerprint density at radius 3 is 2.47 bits per heavy atom. The largest absolute Gasteiger partial charge is 0.478 e. The van der Waals surface area contributed by atoms with E-state index in [2.05, 4.69) is 48.5 Å². The average Bonchev–Trinajstić information content (AvgIpc) is 3.32. The van der Waals surface area contributed by atoms with Crippen molar-refractivity contribution < 1.29 is 19.4 Å². The number of rotatable bonds is 4. The molecule has 0 saturated carbocycles. The van der Waals surface area contributed by atoms with Crippen LogP contribution in [0.15, 0.2) is 30.5 Å². The average molecular weight is 517 g/mol. The summed E-state index contributed by atoms with van der Waals surface area (Å²) in [5.41, 5.74) is 3.60. The van der Waals surface area contributed by atoms with Crippen LogP contribution in [0.4, 0.5) is 5.82 Å². The van der Waals surface area contributed by atoms with E-state index in [0.717, 1.165) is 74.7 Å². The molecule has 2 saturated heterocycles. The van der Waals surface area contributed by atoms with Gasteiger partial charge in [0.1, 0.15) is 5.82 Å². The number of piperidine rings is 1. The number of fused-ring (bicyclic) bond motifs is 4. The maximum absolute atomic E-state index is 13.7. The monoisotopic (exact) mass is 516 g/mol. The fourth-order valence-corrected chi connectivity index (χ4v) is 7.01. The number of anilines is 1. The second kappa shape index (κ2) is 8.92. The Bertz CT molecular complexity index is 1430. The van der Waals surface area contributed by atoms with Gasteiger partial charge in [0.2, 0.25) is 0 Å². The summed E-state index contributed by atoms with van der Waals surface area (Å²) in [4.78, 5) is 38.4. The molecule has 200 valence electrons. The SMILES string of the molecule is CC(C)C1(N2CCOCC2)CCN(c2cc3c(cn2)C(=O)c2c([nH]c4cc(C(=O)O)ccc24)C3(C)C)CC1. The van der Waals surface area contributed by atoms with Gasteiger partial charge in [0.25, 0.3) is 0 Å². The molecule has 0 amide bonds. The zero-order chi connectivity index (χ0) is 26.8. The zero-order valence-corrected chi connectivity index (χ0v) is 22.6. The van der Waals surface area contributed by atoms with Crippen molar-refractivity contribution in [3.8, 4) is 0 Å². The van der Waals surface area contributed by atoms with Crippen molar-refractivity contribution in [1.29, 1.82) is 0 Å². The molecule has 4 heterocycles. The normalized spacial score (nSPS) is 21.0. The first-order valence-electron chi connectivity index (χ1n) is 13.7. The van der Waals surface area contributed by atoms with Crippen LogP contribution in [0.25, 0.3) is 10.9 Å². The van der Waals surface area contributed by atoms with E-state index in [4.69, 9.17) is 9.72 Å². The topological polar surface area (TPSA) is 98.8 Å². The highest BCUT2D eigenvalue weighted by Gasteiger charge is 2.44. The molecule has 0 bridgehead atoms. The lowest BCUT2D eigenvalue weighted by Crippen LogP contribution is -2.61. The molecule has 6 rings (SSSR count). The number of nitrogens with zero attached hydrogens (tertiary/aromatic N) is 3. The third-order valence-electron chi connectivity index (χ3n) is 9.37. The number of hydrogen-bond acceptors (Lipinski definition) is 6. The molecule has 8 heteroatoms.